The van der Waals surface area contributed by atoms with Gasteiger partial charge in [0.1, 0.15) is 11.5 Å². The van der Waals surface area contributed by atoms with Gasteiger partial charge >= 0.3 is 0 Å². The summed E-state index contributed by atoms with van der Waals surface area (Å²) in [6, 6.07) is 15.8. The Balaban J connectivity index is 1.70. The molecule has 27 heavy (non-hydrogen) atoms. The molecule has 2 atom stereocenters. The molecule has 2 aromatic carbocycles. The molecule has 1 amide bonds. The molecular weight excluding hydrogens is 340 g/mol. The Morgan fingerprint density at radius 2 is 1.85 bits per heavy atom. The molecule has 5 nitrogen and oxygen atoms in total. The van der Waals surface area contributed by atoms with Crippen LogP contribution in [0.15, 0.2) is 48.5 Å². The average molecular weight is 368 g/mol. The van der Waals surface area contributed by atoms with Crippen molar-refractivity contribution in [3.63, 3.8) is 0 Å². The third-order valence-corrected chi connectivity index (χ3v) is 5.32. The highest BCUT2D eigenvalue weighted by Crippen LogP contribution is 2.35. The number of methoxy groups -OCH3 is 2. The number of likely N-dealkylation sites (tertiary alicyclic amines) is 1. The lowest BCUT2D eigenvalue weighted by molar-refractivity contribution is 0.0891. The van der Waals surface area contributed by atoms with Gasteiger partial charge in [0, 0.05) is 18.2 Å². The molecule has 1 N–H and O–H groups in total. The number of hydrogen-bond donors (Lipinski definition) is 1. The smallest absolute Gasteiger partial charge is 0.251 e. The van der Waals surface area contributed by atoms with E-state index in [4.69, 9.17) is 9.47 Å². The van der Waals surface area contributed by atoms with Crippen molar-refractivity contribution in [2.24, 2.45) is 5.92 Å². The van der Waals surface area contributed by atoms with Crippen molar-refractivity contribution in [2.75, 3.05) is 34.4 Å². The number of ether oxygens (including phenoxy) is 2. The Labute approximate surface area is 161 Å². The summed E-state index contributed by atoms with van der Waals surface area (Å²) in [5, 5.41) is 3.12. The predicted octanol–water partition coefficient (Wildman–Crippen LogP) is 3.52. The molecule has 0 radical (unpaired) electrons. The van der Waals surface area contributed by atoms with E-state index in [1.165, 1.54) is 5.56 Å². The molecule has 0 bridgehead atoms. The van der Waals surface area contributed by atoms with Crippen LogP contribution in [0.4, 0.5) is 0 Å². The van der Waals surface area contributed by atoms with Crippen LogP contribution in [0, 0.1) is 5.92 Å². The molecule has 1 saturated heterocycles. The third kappa shape index (κ3) is 4.61. The zero-order valence-electron chi connectivity index (χ0n) is 16.3. The van der Waals surface area contributed by atoms with Crippen LogP contribution in [-0.2, 0) is 0 Å². The summed E-state index contributed by atoms with van der Waals surface area (Å²) in [5.74, 6) is 1.86. The topological polar surface area (TPSA) is 50.8 Å². The summed E-state index contributed by atoms with van der Waals surface area (Å²) in [6.45, 7) is 1.72. The number of hydrogen-bond acceptors (Lipinski definition) is 4. The summed E-state index contributed by atoms with van der Waals surface area (Å²) >= 11 is 0. The molecule has 1 aliphatic rings. The minimum Gasteiger partial charge on any atom is -0.497 e. The highest BCUT2D eigenvalue weighted by atomic mass is 16.5. The van der Waals surface area contributed by atoms with Crippen LogP contribution in [-0.4, -0.2) is 45.2 Å². The fraction of sp³-hybridized carbons (Fsp3) is 0.409. The number of nitrogens with zero attached hydrogens (tertiary/aromatic N) is 1. The summed E-state index contributed by atoms with van der Waals surface area (Å²) in [5.41, 5.74) is 1.89. The number of amides is 1. The molecule has 3 rings (SSSR count). The number of nitrogens with one attached hydrogen (secondary N) is 1. The molecule has 144 valence electrons. The monoisotopic (exact) mass is 368 g/mol. The van der Waals surface area contributed by atoms with E-state index in [1.807, 2.05) is 30.3 Å². The van der Waals surface area contributed by atoms with Crippen molar-refractivity contribution in [3.8, 4) is 11.5 Å². The molecule has 2 unspecified atom stereocenters. The van der Waals surface area contributed by atoms with Crippen LogP contribution >= 0.6 is 0 Å². The molecule has 0 saturated carbocycles. The van der Waals surface area contributed by atoms with Gasteiger partial charge < -0.3 is 14.8 Å². The fourth-order valence-electron chi connectivity index (χ4n) is 3.89. The van der Waals surface area contributed by atoms with Crippen molar-refractivity contribution in [3.05, 3.63) is 59.7 Å². The lowest BCUT2D eigenvalue weighted by atomic mass is 9.85. The van der Waals surface area contributed by atoms with Gasteiger partial charge in [-0.15, -0.1) is 0 Å². The Morgan fingerprint density at radius 1 is 1.11 bits per heavy atom. The van der Waals surface area contributed by atoms with E-state index in [9.17, 15) is 4.79 Å². The standard InChI is InChI=1S/C22H28N2O3/c1-24-13-5-7-18(21(24)16-9-11-19(26-2)12-10-16)15-23-22(25)17-6-4-8-20(14-17)27-3/h4,6,8-12,14,18,21H,5,7,13,15H2,1-3H3,(H,23,25). The third-order valence-electron chi connectivity index (χ3n) is 5.32. The molecule has 2 aromatic rings. The zero-order valence-corrected chi connectivity index (χ0v) is 16.3. The normalized spacial score (nSPS) is 20.1. The lowest BCUT2D eigenvalue weighted by Gasteiger charge is -2.39. The van der Waals surface area contributed by atoms with E-state index in [0.29, 0.717) is 23.8 Å². The first-order valence-corrected chi connectivity index (χ1v) is 9.39. The fourth-order valence-corrected chi connectivity index (χ4v) is 3.89. The van der Waals surface area contributed by atoms with Crippen LogP contribution in [0.25, 0.3) is 0 Å². The molecule has 1 aliphatic heterocycles. The quantitative estimate of drug-likeness (QED) is 0.848. The Hall–Kier alpha value is -2.53. The predicted molar refractivity (Wildman–Crippen MR) is 106 cm³/mol. The second kappa shape index (κ2) is 8.91. The summed E-state index contributed by atoms with van der Waals surface area (Å²) in [4.78, 5) is 14.9. The van der Waals surface area contributed by atoms with Gasteiger partial charge in [0.15, 0.2) is 0 Å². The van der Waals surface area contributed by atoms with Crippen molar-refractivity contribution >= 4 is 5.91 Å². The Morgan fingerprint density at radius 3 is 2.56 bits per heavy atom. The van der Waals surface area contributed by atoms with Gasteiger partial charge in [0.05, 0.1) is 14.2 Å². The van der Waals surface area contributed by atoms with Gasteiger partial charge in [0.2, 0.25) is 0 Å². The van der Waals surface area contributed by atoms with Gasteiger partial charge in [-0.1, -0.05) is 18.2 Å². The van der Waals surface area contributed by atoms with Crippen LogP contribution in [0.3, 0.4) is 0 Å². The van der Waals surface area contributed by atoms with Crippen LogP contribution < -0.4 is 14.8 Å². The van der Waals surface area contributed by atoms with Crippen molar-refractivity contribution in [1.29, 1.82) is 0 Å². The molecule has 0 aliphatic carbocycles. The van der Waals surface area contributed by atoms with E-state index >= 15 is 0 Å². The molecule has 0 spiro atoms. The summed E-state index contributed by atoms with van der Waals surface area (Å²) in [6.07, 6.45) is 2.24. The van der Waals surface area contributed by atoms with Gasteiger partial charge in [-0.05, 0) is 68.2 Å². The largest absolute Gasteiger partial charge is 0.497 e. The highest BCUT2D eigenvalue weighted by molar-refractivity contribution is 5.94. The first-order valence-electron chi connectivity index (χ1n) is 9.39. The average Bonchev–Trinajstić information content (AvgIpc) is 2.72. The van der Waals surface area contributed by atoms with E-state index in [1.54, 1.807) is 20.3 Å². The van der Waals surface area contributed by atoms with E-state index in [-0.39, 0.29) is 11.9 Å². The van der Waals surface area contributed by atoms with E-state index in [2.05, 4.69) is 29.4 Å². The van der Waals surface area contributed by atoms with Gasteiger partial charge in [-0.2, -0.15) is 0 Å². The zero-order chi connectivity index (χ0) is 19.2. The number of piperidine rings is 1. The van der Waals surface area contributed by atoms with Gasteiger partial charge in [-0.3, -0.25) is 9.69 Å². The molecular formula is C22H28N2O3. The van der Waals surface area contributed by atoms with Gasteiger partial charge in [0.25, 0.3) is 5.91 Å². The summed E-state index contributed by atoms with van der Waals surface area (Å²) in [7, 11) is 5.44. The molecule has 0 aromatic heterocycles. The highest BCUT2D eigenvalue weighted by Gasteiger charge is 2.30. The van der Waals surface area contributed by atoms with E-state index in [0.717, 1.165) is 25.1 Å². The lowest BCUT2D eigenvalue weighted by Crippen LogP contribution is -2.41. The second-order valence-corrected chi connectivity index (χ2v) is 7.04. The minimum atomic E-state index is -0.0596. The van der Waals surface area contributed by atoms with Crippen LogP contribution in [0.5, 0.6) is 11.5 Å². The van der Waals surface area contributed by atoms with Crippen molar-refractivity contribution in [2.45, 2.75) is 18.9 Å². The first kappa shape index (κ1) is 19.2. The maximum Gasteiger partial charge on any atom is 0.251 e. The maximum atomic E-state index is 12.6. The molecule has 5 heteroatoms. The Bertz CT molecular complexity index is 760. The van der Waals surface area contributed by atoms with Crippen molar-refractivity contribution in [1.82, 2.24) is 10.2 Å². The van der Waals surface area contributed by atoms with Crippen LogP contribution in [0.2, 0.25) is 0 Å². The number of carbonyl (C=O) groups excluding carboxylic acids is 1. The van der Waals surface area contributed by atoms with Gasteiger partial charge in [-0.25, -0.2) is 0 Å². The molecule has 1 fully saturated rings. The number of carbonyl (C=O) groups is 1. The SMILES string of the molecule is COc1ccc(C2C(CNC(=O)c3cccc(OC)c3)CCCN2C)cc1. The number of rotatable bonds is 6. The minimum absolute atomic E-state index is 0.0596. The first-order chi connectivity index (χ1) is 13.1. The van der Waals surface area contributed by atoms with Crippen molar-refractivity contribution < 1.29 is 14.3 Å². The number of benzene rings is 2. The summed E-state index contributed by atoms with van der Waals surface area (Å²) < 4.78 is 10.5. The Kier molecular flexibility index (Phi) is 6.35. The van der Waals surface area contributed by atoms with E-state index < -0.39 is 0 Å². The second-order valence-electron chi connectivity index (χ2n) is 7.04. The maximum absolute atomic E-state index is 12.6. The molecule has 1 heterocycles. The van der Waals surface area contributed by atoms with Crippen LogP contribution in [0.1, 0.15) is 34.8 Å².